The number of rotatable bonds is 6. The van der Waals surface area contributed by atoms with E-state index in [4.69, 9.17) is 0 Å². The molecular weight excluding hydrogens is 182 g/mol. The molecule has 0 atom stereocenters. The van der Waals surface area contributed by atoms with E-state index in [1.165, 1.54) is 51.4 Å². The second kappa shape index (κ2) is 8.96. The Balaban J connectivity index is 2.02. The lowest BCUT2D eigenvalue weighted by Gasteiger charge is -2.07. The van der Waals surface area contributed by atoms with E-state index in [9.17, 15) is 0 Å². The summed E-state index contributed by atoms with van der Waals surface area (Å²) in [5.74, 6) is 0.888. The molecule has 1 N–H and O–H groups in total. The van der Waals surface area contributed by atoms with Gasteiger partial charge in [0, 0.05) is 0 Å². The normalized spacial score (nSPS) is 19.5. The monoisotopic (exact) mass is 209 g/mol. The molecule has 0 bridgehead atoms. The molecule has 1 saturated carbocycles. The Morgan fingerprint density at radius 1 is 1.07 bits per heavy atom. The zero-order chi connectivity index (χ0) is 10.8. The van der Waals surface area contributed by atoms with Gasteiger partial charge in [-0.3, -0.25) is 0 Å². The fourth-order valence-corrected chi connectivity index (χ4v) is 2.28. The molecule has 0 aromatic heterocycles. The molecule has 1 heteroatoms. The molecule has 0 aromatic rings. The Morgan fingerprint density at radius 2 is 1.80 bits per heavy atom. The number of hydrogen-bond donors (Lipinski definition) is 1. The minimum absolute atomic E-state index is 0.888. The highest BCUT2D eigenvalue weighted by atomic mass is 14.8. The first kappa shape index (κ1) is 12.8. The van der Waals surface area contributed by atoms with Crippen molar-refractivity contribution in [3.05, 3.63) is 12.2 Å². The van der Waals surface area contributed by atoms with Crippen molar-refractivity contribution >= 4 is 0 Å². The summed E-state index contributed by atoms with van der Waals surface area (Å²) >= 11 is 0. The van der Waals surface area contributed by atoms with Crippen molar-refractivity contribution in [2.45, 2.75) is 58.3 Å². The van der Waals surface area contributed by atoms with Gasteiger partial charge in [-0.1, -0.05) is 44.8 Å². The van der Waals surface area contributed by atoms with Crippen molar-refractivity contribution in [2.75, 3.05) is 13.1 Å². The molecule has 88 valence electrons. The van der Waals surface area contributed by atoms with Gasteiger partial charge in [0.15, 0.2) is 0 Å². The first-order valence-corrected chi connectivity index (χ1v) is 6.81. The van der Waals surface area contributed by atoms with Crippen LogP contribution in [-0.4, -0.2) is 13.1 Å². The van der Waals surface area contributed by atoms with Crippen molar-refractivity contribution in [1.82, 2.24) is 5.32 Å². The maximum absolute atomic E-state index is 3.43. The van der Waals surface area contributed by atoms with Gasteiger partial charge in [-0.25, -0.2) is 0 Å². The highest BCUT2D eigenvalue weighted by Crippen LogP contribution is 2.23. The summed E-state index contributed by atoms with van der Waals surface area (Å²) in [6.07, 6.45) is 16.0. The van der Waals surface area contributed by atoms with Crippen molar-refractivity contribution < 1.29 is 0 Å². The summed E-state index contributed by atoms with van der Waals surface area (Å²) in [6.45, 7) is 4.53. The van der Waals surface area contributed by atoms with E-state index in [2.05, 4.69) is 24.4 Å². The van der Waals surface area contributed by atoms with Crippen molar-refractivity contribution in [3.8, 4) is 0 Å². The summed E-state index contributed by atoms with van der Waals surface area (Å²) < 4.78 is 0. The molecule has 1 aliphatic rings. The van der Waals surface area contributed by atoms with Crippen molar-refractivity contribution in [3.63, 3.8) is 0 Å². The van der Waals surface area contributed by atoms with Crippen LogP contribution in [0.15, 0.2) is 12.2 Å². The molecule has 0 spiro atoms. The van der Waals surface area contributed by atoms with Crippen LogP contribution in [-0.2, 0) is 0 Å². The molecule has 0 aliphatic heterocycles. The molecular formula is C14H27N. The zero-order valence-corrected chi connectivity index (χ0v) is 10.3. The summed E-state index contributed by atoms with van der Waals surface area (Å²) in [5, 5.41) is 3.43. The molecule has 0 unspecified atom stereocenters. The summed E-state index contributed by atoms with van der Waals surface area (Å²) in [7, 11) is 0. The predicted octanol–water partition coefficient (Wildman–Crippen LogP) is 3.90. The van der Waals surface area contributed by atoms with Gasteiger partial charge in [0.25, 0.3) is 0 Å². The smallest absolute Gasteiger partial charge is 0.00143 e. The van der Waals surface area contributed by atoms with Gasteiger partial charge in [0.2, 0.25) is 0 Å². The number of allylic oxidation sites excluding steroid dienone is 1. The third kappa shape index (κ3) is 6.72. The Bertz CT molecular complexity index is 155. The molecule has 0 heterocycles. The van der Waals surface area contributed by atoms with Gasteiger partial charge >= 0.3 is 0 Å². The molecule has 0 aromatic carbocycles. The van der Waals surface area contributed by atoms with Crippen LogP contribution in [0.3, 0.4) is 0 Å². The van der Waals surface area contributed by atoms with Crippen LogP contribution in [0.5, 0.6) is 0 Å². The molecule has 15 heavy (non-hydrogen) atoms. The SMILES string of the molecule is CCCNCC/C=C/C1CCCCCC1. The Kier molecular flexibility index (Phi) is 7.63. The topological polar surface area (TPSA) is 12.0 Å². The van der Waals surface area contributed by atoms with Gasteiger partial charge in [-0.2, -0.15) is 0 Å². The van der Waals surface area contributed by atoms with Crippen LogP contribution >= 0.6 is 0 Å². The summed E-state index contributed by atoms with van der Waals surface area (Å²) in [6, 6.07) is 0. The quantitative estimate of drug-likeness (QED) is 0.397. The maximum atomic E-state index is 3.43. The summed E-state index contributed by atoms with van der Waals surface area (Å²) in [4.78, 5) is 0. The molecule has 1 fully saturated rings. The highest BCUT2D eigenvalue weighted by molar-refractivity contribution is 4.89. The zero-order valence-electron chi connectivity index (χ0n) is 10.3. The lowest BCUT2D eigenvalue weighted by atomic mass is 10.00. The van der Waals surface area contributed by atoms with Crippen LogP contribution in [0.25, 0.3) is 0 Å². The lowest BCUT2D eigenvalue weighted by Crippen LogP contribution is -2.15. The molecule has 1 aliphatic carbocycles. The minimum atomic E-state index is 0.888. The van der Waals surface area contributed by atoms with Gasteiger partial charge in [0.1, 0.15) is 0 Å². The average Bonchev–Trinajstić information content (AvgIpc) is 2.52. The molecule has 1 nitrogen and oxygen atoms in total. The van der Waals surface area contributed by atoms with Gasteiger partial charge < -0.3 is 5.32 Å². The van der Waals surface area contributed by atoms with Crippen LogP contribution in [0.2, 0.25) is 0 Å². The van der Waals surface area contributed by atoms with Crippen molar-refractivity contribution in [2.24, 2.45) is 5.92 Å². The van der Waals surface area contributed by atoms with Crippen molar-refractivity contribution in [1.29, 1.82) is 0 Å². The second-order valence-electron chi connectivity index (χ2n) is 4.72. The highest BCUT2D eigenvalue weighted by Gasteiger charge is 2.07. The molecule has 1 rings (SSSR count). The maximum Gasteiger partial charge on any atom is -0.00143 e. The van der Waals surface area contributed by atoms with E-state index >= 15 is 0 Å². The summed E-state index contributed by atoms with van der Waals surface area (Å²) in [5.41, 5.74) is 0. The van der Waals surface area contributed by atoms with E-state index in [0.717, 1.165) is 19.0 Å². The first-order valence-electron chi connectivity index (χ1n) is 6.81. The Labute approximate surface area is 95.3 Å². The van der Waals surface area contributed by atoms with E-state index in [0.29, 0.717) is 0 Å². The predicted molar refractivity (Wildman–Crippen MR) is 68.1 cm³/mol. The van der Waals surface area contributed by atoms with E-state index in [1.807, 2.05) is 0 Å². The Hall–Kier alpha value is -0.300. The number of nitrogens with one attached hydrogen (secondary N) is 1. The van der Waals surface area contributed by atoms with Crippen LogP contribution < -0.4 is 5.32 Å². The molecule has 0 radical (unpaired) electrons. The average molecular weight is 209 g/mol. The lowest BCUT2D eigenvalue weighted by molar-refractivity contribution is 0.556. The van der Waals surface area contributed by atoms with E-state index < -0.39 is 0 Å². The van der Waals surface area contributed by atoms with Gasteiger partial charge in [-0.05, 0) is 44.7 Å². The fourth-order valence-electron chi connectivity index (χ4n) is 2.28. The third-order valence-electron chi connectivity index (χ3n) is 3.22. The standard InChI is InChI=1S/C14H27N/c1-2-12-15-13-8-7-11-14-9-5-3-4-6-10-14/h7,11,14-15H,2-6,8-10,12-13H2,1H3/b11-7+. The van der Waals surface area contributed by atoms with Gasteiger partial charge in [0.05, 0.1) is 0 Å². The second-order valence-corrected chi connectivity index (χ2v) is 4.72. The third-order valence-corrected chi connectivity index (χ3v) is 3.22. The van der Waals surface area contributed by atoms with Crippen LogP contribution in [0.1, 0.15) is 58.3 Å². The largest absolute Gasteiger partial charge is 0.316 e. The first-order chi connectivity index (χ1) is 7.43. The number of hydrogen-bond acceptors (Lipinski definition) is 1. The minimum Gasteiger partial charge on any atom is -0.316 e. The van der Waals surface area contributed by atoms with E-state index in [1.54, 1.807) is 0 Å². The molecule has 0 saturated heterocycles. The van der Waals surface area contributed by atoms with Crippen LogP contribution in [0.4, 0.5) is 0 Å². The Morgan fingerprint density at radius 3 is 2.47 bits per heavy atom. The van der Waals surface area contributed by atoms with Gasteiger partial charge in [-0.15, -0.1) is 0 Å². The van der Waals surface area contributed by atoms with E-state index in [-0.39, 0.29) is 0 Å². The fraction of sp³-hybridized carbons (Fsp3) is 0.857. The van der Waals surface area contributed by atoms with Crippen LogP contribution in [0, 0.1) is 5.92 Å². The molecule has 0 amide bonds.